The van der Waals surface area contributed by atoms with Gasteiger partial charge in [-0.05, 0) is 115 Å². The van der Waals surface area contributed by atoms with Crippen LogP contribution in [0.2, 0.25) is 0 Å². The van der Waals surface area contributed by atoms with Crippen LogP contribution in [0.5, 0.6) is 0 Å². The molecule has 0 unspecified atom stereocenters. The van der Waals surface area contributed by atoms with Crippen LogP contribution in [0.4, 0.5) is 51.4 Å². The van der Waals surface area contributed by atoms with Crippen molar-refractivity contribution in [2.45, 2.75) is 26.2 Å². The standard InChI is InChI=1S/C47H38N8/c1-33-42(20-17-41(52-33)34-11-5-4-6-12-34)55-43-18-15-37(53(35-21-27-48-28-22-35)45-13-7-9-25-50-45)31-39(43)47(2,3)40-32-38(16-19-44(40)55)54(36-23-29-49-30-24-36)46-14-8-10-26-51-46/h4-32H,1-3H3. The normalized spacial score (nSPS) is 12.7. The summed E-state index contributed by atoms with van der Waals surface area (Å²) >= 11 is 0. The number of rotatable bonds is 8. The number of anilines is 9. The lowest BCUT2D eigenvalue weighted by molar-refractivity contribution is 0.632. The van der Waals surface area contributed by atoms with Crippen molar-refractivity contribution in [2.75, 3.05) is 14.7 Å². The predicted octanol–water partition coefficient (Wildman–Crippen LogP) is 11.7. The van der Waals surface area contributed by atoms with Gasteiger partial charge in [-0.3, -0.25) is 24.8 Å². The van der Waals surface area contributed by atoms with Crippen LogP contribution in [0.3, 0.4) is 0 Å². The number of pyridine rings is 5. The largest absolute Gasteiger partial charge is 0.308 e. The minimum atomic E-state index is -0.430. The molecule has 266 valence electrons. The molecule has 55 heavy (non-hydrogen) atoms. The van der Waals surface area contributed by atoms with Crippen molar-refractivity contribution in [3.05, 3.63) is 194 Å². The molecule has 8 aromatic rings. The zero-order valence-electron chi connectivity index (χ0n) is 30.8. The van der Waals surface area contributed by atoms with E-state index in [4.69, 9.17) is 15.0 Å². The average molecular weight is 715 g/mol. The molecule has 1 aliphatic rings. The zero-order valence-corrected chi connectivity index (χ0v) is 30.8. The van der Waals surface area contributed by atoms with Crippen LogP contribution < -0.4 is 14.7 Å². The molecular weight excluding hydrogens is 677 g/mol. The summed E-state index contributed by atoms with van der Waals surface area (Å²) in [4.78, 5) is 30.1. The molecule has 0 radical (unpaired) electrons. The fourth-order valence-electron chi connectivity index (χ4n) is 7.60. The van der Waals surface area contributed by atoms with E-state index in [9.17, 15) is 0 Å². The SMILES string of the molecule is Cc1nc(-c2ccccc2)ccc1N1c2ccc(N(c3ccncc3)c3ccccn3)cc2C(C)(C)c2cc(N(c3ccncc3)c3ccccn3)ccc21. The highest BCUT2D eigenvalue weighted by atomic mass is 15.2. The molecule has 3 aromatic carbocycles. The summed E-state index contributed by atoms with van der Waals surface area (Å²) in [6.45, 7) is 6.73. The molecule has 9 rings (SSSR count). The van der Waals surface area contributed by atoms with Gasteiger partial charge in [0.1, 0.15) is 11.6 Å². The van der Waals surface area contributed by atoms with Gasteiger partial charge in [-0.25, -0.2) is 9.97 Å². The second-order valence-electron chi connectivity index (χ2n) is 14.0. The van der Waals surface area contributed by atoms with Crippen molar-refractivity contribution in [2.24, 2.45) is 0 Å². The summed E-state index contributed by atoms with van der Waals surface area (Å²) in [6, 6.07) is 48.2. The predicted molar refractivity (Wildman–Crippen MR) is 222 cm³/mol. The van der Waals surface area contributed by atoms with Crippen LogP contribution in [-0.2, 0) is 5.41 Å². The van der Waals surface area contributed by atoms with E-state index in [1.54, 1.807) is 0 Å². The first kappa shape index (κ1) is 33.6. The van der Waals surface area contributed by atoms with E-state index in [2.05, 4.69) is 118 Å². The highest BCUT2D eigenvalue weighted by Crippen LogP contribution is 2.55. The quantitative estimate of drug-likeness (QED) is 0.154. The molecule has 5 aromatic heterocycles. The van der Waals surface area contributed by atoms with Gasteiger partial charge in [-0.1, -0.05) is 56.3 Å². The Morgan fingerprint density at radius 2 is 0.964 bits per heavy atom. The maximum absolute atomic E-state index is 5.16. The first-order valence-corrected chi connectivity index (χ1v) is 18.3. The second kappa shape index (κ2) is 14.0. The fourth-order valence-corrected chi connectivity index (χ4v) is 7.60. The minimum absolute atomic E-state index is 0.430. The number of hydrogen-bond acceptors (Lipinski definition) is 8. The Morgan fingerprint density at radius 3 is 1.44 bits per heavy atom. The maximum atomic E-state index is 5.16. The van der Waals surface area contributed by atoms with E-state index in [-0.39, 0.29) is 0 Å². The average Bonchev–Trinajstić information content (AvgIpc) is 3.24. The van der Waals surface area contributed by atoms with Crippen LogP contribution in [0, 0.1) is 6.92 Å². The van der Waals surface area contributed by atoms with Gasteiger partial charge in [0, 0.05) is 59.5 Å². The molecule has 0 atom stereocenters. The molecule has 8 heteroatoms. The van der Waals surface area contributed by atoms with Gasteiger partial charge in [0.25, 0.3) is 0 Å². The van der Waals surface area contributed by atoms with E-state index in [0.717, 1.165) is 68.4 Å². The number of benzene rings is 3. The summed E-state index contributed by atoms with van der Waals surface area (Å²) in [5.41, 5.74) is 12.0. The molecule has 0 fully saturated rings. The third-order valence-electron chi connectivity index (χ3n) is 10.3. The molecule has 0 spiro atoms. The smallest absolute Gasteiger partial charge is 0.137 e. The topological polar surface area (TPSA) is 74.2 Å². The number of fused-ring (bicyclic) bond motifs is 2. The molecule has 0 aliphatic carbocycles. The molecule has 0 saturated carbocycles. The van der Waals surface area contributed by atoms with Crippen molar-refractivity contribution in [3.63, 3.8) is 0 Å². The van der Waals surface area contributed by atoms with Crippen molar-refractivity contribution in [1.82, 2.24) is 24.9 Å². The number of hydrogen-bond donors (Lipinski definition) is 0. The van der Waals surface area contributed by atoms with Crippen LogP contribution >= 0.6 is 0 Å². The number of nitrogens with zero attached hydrogens (tertiary/aromatic N) is 8. The number of aryl methyl sites for hydroxylation is 1. The summed E-state index contributed by atoms with van der Waals surface area (Å²) in [5.74, 6) is 1.64. The lowest BCUT2D eigenvalue weighted by Gasteiger charge is -2.43. The van der Waals surface area contributed by atoms with Gasteiger partial charge in [-0.15, -0.1) is 0 Å². The van der Waals surface area contributed by atoms with E-state index in [0.29, 0.717) is 0 Å². The molecule has 0 amide bonds. The Labute approximate surface area is 321 Å². The summed E-state index contributed by atoms with van der Waals surface area (Å²) in [5, 5.41) is 0. The van der Waals surface area contributed by atoms with Crippen LogP contribution in [0.25, 0.3) is 11.3 Å². The van der Waals surface area contributed by atoms with E-state index < -0.39 is 5.41 Å². The number of aromatic nitrogens is 5. The zero-order chi connectivity index (χ0) is 37.4. The van der Waals surface area contributed by atoms with Gasteiger partial charge in [0.15, 0.2) is 0 Å². The van der Waals surface area contributed by atoms with E-state index in [1.165, 1.54) is 11.1 Å². The highest BCUT2D eigenvalue weighted by molar-refractivity contribution is 5.91. The van der Waals surface area contributed by atoms with Gasteiger partial charge >= 0.3 is 0 Å². The Bertz CT molecular complexity index is 2370. The molecule has 8 nitrogen and oxygen atoms in total. The lowest BCUT2D eigenvalue weighted by Crippen LogP contribution is -2.31. The second-order valence-corrected chi connectivity index (χ2v) is 14.0. The molecule has 1 aliphatic heterocycles. The van der Waals surface area contributed by atoms with Gasteiger partial charge < -0.3 is 4.90 Å². The summed E-state index contributed by atoms with van der Waals surface area (Å²) in [7, 11) is 0. The van der Waals surface area contributed by atoms with Gasteiger partial charge in [-0.2, -0.15) is 0 Å². The first-order valence-electron chi connectivity index (χ1n) is 18.3. The van der Waals surface area contributed by atoms with Gasteiger partial charge in [0.05, 0.1) is 39.8 Å². The van der Waals surface area contributed by atoms with Crippen molar-refractivity contribution in [3.8, 4) is 11.3 Å². The lowest BCUT2D eigenvalue weighted by atomic mass is 9.73. The third kappa shape index (κ3) is 6.13. The molecule has 0 saturated heterocycles. The van der Waals surface area contributed by atoms with E-state index in [1.807, 2.05) is 104 Å². The third-order valence-corrected chi connectivity index (χ3v) is 10.3. The fraction of sp³-hybridized carbons (Fsp3) is 0.0851. The van der Waals surface area contributed by atoms with E-state index >= 15 is 0 Å². The highest BCUT2D eigenvalue weighted by Gasteiger charge is 2.39. The summed E-state index contributed by atoms with van der Waals surface area (Å²) < 4.78 is 0. The van der Waals surface area contributed by atoms with Crippen molar-refractivity contribution >= 4 is 51.4 Å². The van der Waals surface area contributed by atoms with Crippen LogP contribution in [0.1, 0.15) is 30.7 Å². The van der Waals surface area contributed by atoms with Crippen molar-refractivity contribution < 1.29 is 0 Å². The van der Waals surface area contributed by atoms with Gasteiger partial charge in [0.2, 0.25) is 0 Å². The van der Waals surface area contributed by atoms with Crippen molar-refractivity contribution in [1.29, 1.82) is 0 Å². The monoisotopic (exact) mass is 714 g/mol. The van der Waals surface area contributed by atoms with Crippen LogP contribution in [0.15, 0.2) is 177 Å². The van der Waals surface area contributed by atoms with Crippen LogP contribution in [-0.4, -0.2) is 24.9 Å². The Morgan fingerprint density at radius 1 is 0.473 bits per heavy atom. The Kier molecular flexibility index (Phi) is 8.55. The Hall–Kier alpha value is -7.19. The summed E-state index contributed by atoms with van der Waals surface area (Å²) in [6.07, 6.45) is 10.9. The molecular formula is C47H38N8. The maximum Gasteiger partial charge on any atom is 0.137 e. The minimum Gasteiger partial charge on any atom is -0.308 e. The molecule has 0 bridgehead atoms. The Balaban J connectivity index is 1.26. The molecule has 6 heterocycles. The molecule has 0 N–H and O–H groups in total. The first-order chi connectivity index (χ1) is 27.0.